The van der Waals surface area contributed by atoms with Gasteiger partial charge in [-0.3, -0.25) is 9.59 Å². The Morgan fingerprint density at radius 3 is 2.54 bits per heavy atom. The highest BCUT2D eigenvalue weighted by atomic mass is 32.2. The van der Waals surface area contributed by atoms with E-state index in [1.54, 1.807) is 30.3 Å². The molecule has 0 aliphatic rings. The average Bonchev–Trinajstić information content (AvgIpc) is 2.52. The molecular weight excluding hydrogens is 324 g/mol. The molecule has 7 heteroatoms. The monoisotopic (exact) mass is 344 g/mol. The van der Waals surface area contributed by atoms with Gasteiger partial charge >= 0.3 is 0 Å². The smallest absolute Gasteiger partial charge is 0.224 e. The number of rotatable bonds is 7. The maximum absolute atomic E-state index is 12.2. The Kier molecular flexibility index (Phi) is 6.31. The molecule has 1 aromatic heterocycles. The Balaban J connectivity index is 1.93. The van der Waals surface area contributed by atoms with Crippen LogP contribution in [-0.2, 0) is 4.79 Å². The van der Waals surface area contributed by atoms with Crippen molar-refractivity contribution in [2.75, 3.05) is 16.8 Å². The number of amides is 1. The van der Waals surface area contributed by atoms with E-state index in [4.69, 9.17) is 5.73 Å². The zero-order valence-electron chi connectivity index (χ0n) is 13.7. The predicted octanol–water partition coefficient (Wildman–Crippen LogP) is 3.08. The lowest BCUT2D eigenvalue weighted by atomic mass is 10.1. The van der Waals surface area contributed by atoms with Crippen LogP contribution in [0.4, 0.5) is 11.5 Å². The minimum Gasteiger partial charge on any atom is -0.384 e. The Hall–Kier alpha value is -2.41. The van der Waals surface area contributed by atoms with Crippen LogP contribution in [0.3, 0.4) is 0 Å². The molecule has 0 radical (unpaired) electrons. The van der Waals surface area contributed by atoms with Gasteiger partial charge < -0.3 is 11.1 Å². The summed E-state index contributed by atoms with van der Waals surface area (Å²) in [5, 5.41) is 3.28. The second-order valence-corrected chi connectivity index (χ2v) is 6.25. The zero-order chi connectivity index (χ0) is 17.5. The van der Waals surface area contributed by atoms with E-state index in [0.717, 1.165) is 12.1 Å². The number of carbonyl (C=O) groups excluding carboxylic acids is 2. The van der Waals surface area contributed by atoms with Crippen molar-refractivity contribution in [1.29, 1.82) is 0 Å². The van der Waals surface area contributed by atoms with Crippen LogP contribution in [0.5, 0.6) is 0 Å². The first-order chi connectivity index (χ1) is 11.5. The molecular formula is C17H20N4O2S. The van der Waals surface area contributed by atoms with E-state index >= 15 is 0 Å². The van der Waals surface area contributed by atoms with Gasteiger partial charge in [0.2, 0.25) is 5.91 Å². The van der Waals surface area contributed by atoms with Crippen molar-refractivity contribution in [3.05, 3.63) is 41.6 Å². The van der Waals surface area contributed by atoms with Gasteiger partial charge in [0.05, 0.1) is 5.75 Å². The molecule has 0 bridgehead atoms. The largest absolute Gasteiger partial charge is 0.384 e. The lowest BCUT2D eigenvalue weighted by molar-refractivity contribution is -0.116. The van der Waals surface area contributed by atoms with E-state index in [2.05, 4.69) is 15.3 Å². The number of nitrogens with one attached hydrogen (secondary N) is 1. The molecule has 2 aromatic rings. The summed E-state index contributed by atoms with van der Waals surface area (Å²) in [5.74, 6) is 0.561. The van der Waals surface area contributed by atoms with Crippen LogP contribution in [0.1, 0.15) is 35.8 Å². The minimum absolute atomic E-state index is 0.0266. The van der Waals surface area contributed by atoms with Crippen LogP contribution in [-0.4, -0.2) is 27.4 Å². The summed E-state index contributed by atoms with van der Waals surface area (Å²) in [6.45, 7) is 3.78. The van der Waals surface area contributed by atoms with E-state index in [0.29, 0.717) is 28.6 Å². The summed E-state index contributed by atoms with van der Waals surface area (Å²) in [6, 6.07) is 8.54. The van der Waals surface area contributed by atoms with E-state index < -0.39 is 0 Å². The van der Waals surface area contributed by atoms with Gasteiger partial charge in [-0.2, -0.15) is 0 Å². The fourth-order valence-corrected chi connectivity index (χ4v) is 2.84. The van der Waals surface area contributed by atoms with Crippen LogP contribution in [0.2, 0.25) is 0 Å². The van der Waals surface area contributed by atoms with Crippen molar-refractivity contribution in [2.45, 2.75) is 31.8 Å². The number of benzene rings is 1. The molecule has 0 atom stereocenters. The average molecular weight is 344 g/mol. The summed E-state index contributed by atoms with van der Waals surface area (Å²) < 4.78 is 0. The molecule has 0 saturated carbocycles. The SMILES string of the molecule is CCCC(=O)Nc1ccc(C(=O)CSc2nc(C)cc(N)n2)cc1. The van der Waals surface area contributed by atoms with Crippen molar-refractivity contribution < 1.29 is 9.59 Å². The van der Waals surface area contributed by atoms with Crippen molar-refractivity contribution in [3.8, 4) is 0 Å². The molecule has 0 fully saturated rings. The first-order valence-electron chi connectivity index (χ1n) is 7.65. The molecule has 126 valence electrons. The summed E-state index contributed by atoms with van der Waals surface area (Å²) >= 11 is 1.25. The Bertz CT molecular complexity index is 712. The molecule has 3 N–H and O–H groups in total. The van der Waals surface area contributed by atoms with Gasteiger partial charge in [-0.1, -0.05) is 18.7 Å². The highest BCUT2D eigenvalue weighted by Crippen LogP contribution is 2.18. The highest BCUT2D eigenvalue weighted by molar-refractivity contribution is 7.99. The number of Topliss-reactive ketones (excluding diaryl/α,β-unsaturated/α-hetero) is 1. The van der Waals surface area contributed by atoms with Gasteiger partial charge in [0.15, 0.2) is 10.9 Å². The minimum atomic E-state index is -0.0323. The molecule has 1 heterocycles. The van der Waals surface area contributed by atoms with E-state index in [-0.39, 0.29) is 17.4 Å². The van der Waals surface area contributed by atoms with Gasteiger partial charge in [0.25, 0.3) is 0 Å². The maximum Gasteiger partial charge on any atom is 0.224 e. The lowest BCUT2D eigenvalue weighted by Crippen LogP contribution is -2.11. The van der Waals surface area contributed by atoms with E-state index in [1.807, 2.05) is 13.8 Å². The number of carbonyl (C=O) groups is 2. The number of hydrogen-bond acceptors (Lipinski definition) is 6. The predicted molar refractivity (Wildman–Crippen MR) is 96.2 cm³/mol. The highest BCUT2D eigenvalue weighted by Gasteiger charge is 2.09. The van der Waals surface area contributed by atoms with Gasteiger partial charge in [0.1, 0.15) is 5.82 Å². The normalized spacial score (nSPS) is 10.4. The number of nitrogens with two attached hydrogens (primary N) is 1. The van der Waals surface area contributed by atoms with Crippen molar-refractivity contribution in [1.82, 2.24) is 9.97 Å². The summed E-state index contributed by atoms with van der Waals surface area (Å²) in [5.41, 5.74) is 7.71. The molecule has 2 rings (SSSR count). The van der Waals surface area contributed by atoms with Crippen molar-refractivity contribution >= 4 is 35.0 Å². The number of anilines is 2. The second-order valence-electron chi connectivity index (χ2n) is 5.30. The van der Waals surface area contributed by atoms with E-state index in [9.17, 15) is 9.59 Å². The van der Waals surface area contributed by atoms with Gasteiger partial charge in [-0.05, 0) is 37.6 Å². The molecule has 0 aliphatic heterocycles. The van der Waals surface area contributed by atoms with Gasteiger partial charge in [-0.25, -0.2) is 9.97 Å². The van der Waals surface area contributed by atoms with Crippen molar-refractivity contribution in [2.24, 2.45) is 0 Å². The standard InChI is InChI=1S/C17H20N4O2S/c1-3-4-16(23)20-13-7-5-12(6-8-13)14(22)10-24-17-19-11(2)9-15(18)21-17/h5-9H,3-4,10H2,1-2H3,(H,20,23)(H2,18,19,21). The molecule has 1 aromatic carbocycles. The third kappa shape index (κ3) is 5.34. The number of nitrogens with zero attached hydrogens (tertiary/aromatic N) is 2. The van der Waals surface area contributed by atoms with Gasteiger partial charge in [-0.15, -0.1) is 0 Å². The van der Waals surface area contributed by atoms with Gasteiger partial charge in [0, 0.05) is 29.4 Å². The number of nitrogen functional groups attached to an aromatic ring is 1. The zero-order valence-corrected chi connectivity index (χ0v) is 14.5. The van der Waals surface area contributed by atoms with Crippen molar-refractivity contribution in [3.63, 3.8) is 0 Å². The maximum atomic E-state index is 12.2. The quantitative estimate of drug-likeness (QED) is 0.455. The summed E-state index contributed by atoms with van der Waals surface area (Å²) in [7, 11) is 0. The molecule has 6 nitrogen and oxygen atoms in total. The van der Waals surface area contributed by atoms with Crippen LogP contribution in [0, 0.1) is 6.92 Å². The molecule has 1 amide bonds. The molecule has 0 saturated heterocycles. The van der Waals surface area contributed by atoms with Crippen LogP contribution >= 0.6 is 11.8 Å². The first kappa shape index (κ1) is 17.9. The number of aromatic nitrogens is 2. The molecule has 0 unspecified atom stereocenters. The number of ketones is 1. The number of hydrogen-bond donors (Lipinski definition) is 2. The Morgan fingerprint density at radius 2 is 1.92 bits per heavy atom. The number of aryl methyl sites for hydroxylation is 1. The Labute approximate surface area is 145 Å². The summed E-state index contributed by atoms with van der Waals surface area (Å²) in [6.07, 6.45) is 1.28. The third-order valence-corrected chi connectivity index (χ3v) is 4.00. The fourth-order valence-electron chi connectivity index (χ4n) is 2.03. The van der Waals surface area contributed by atoms with Crippen LogP contribution in [0.15, 0.2) is 35.5 Å². The van der Waals surface area contributed by atoms with Crippen LogP contribution < -0.4 is 11.1 Å². The molecule has 0 aliphatic carbocycles. The Morgan fingerprint density at radius 1 is 1.21 bits per heavy atom. The summed E-state index contributed by atoms with van der Waals surface area (Å²) in [4.78, 5) is 32.1. The topological polar surface area (TPSA) is 98.0 Å². The molecule has 24 heavy (non-hydrogen) atoms. The lowest BCUT2D eigenvalue weighted by Gasteiger charge is -2.06. The second kappa shape index (κ2) is 8.44. The first-order valence-corrected chi connectivity index (χ1v) is 8.63. The molecule has 0 spiro atoms. The third-order valence-electron chi connectivity index (χ3n) is 3.15. The number of thioether (sulfide) groups is 1. The van der Waals surface area contributed by atoms with Crippen LogP contribution in [0.25, 0.3) is 0 Å². The fraction of sp³-hybridized carbons (Fsp3) is 0.294. The van der Waals surface area contributed by atoms with E-state index in [1.165, 1.54) is 11.8 Å².